The third-order valence-electron chi connectivity index (χ3n) is 4.58. The fourth-order valence-electron chi connectivity index (χ4n) is 2.98. The molecule has 2 aromatic carbocycles. The van der Waals surface area contributed by atoms with Crippen LogP contribution < -0.4 is 9.47 Å². The van der Waals surface area contributed by atoms with E-state index in [1.807, 2.05) is 0 Å². The maximum atomic E-state index is 12.6. The van der Waals surface area contributed by atoms with E-state index in [0.717, 1.165) is 0 Å². The molecule has 1 aliphatic rings. The van der Waals surface area contributed by atoms with Gasteiger partial charge in [-0.1, -0.05) is 12.1 Å². The smallest absolute Gasteiger partial charge is 0.387 e. The van der Waals surface area contributed by atoms with E-state index in [1.54, 1.807) is 6.07 Å². The van der Waals surface area contributed by atoms with Gasteiger partial charge in [0.1, 0.15) is 0 Å². The molecule has 0 aromatic heterocycles. The van der Waals surface area contributed by atoms with Crippen molar-refractivity contribution < 1.29 is 36.2 Å². The zero-order valence-corrected chi connectivity index (χ0v) is 17.5. The predicted octanol–water partition coefficient (Wildman–Crippen LogP) is 3.21. The second-order valence-corrected chi connectivity index (χ2v) is 8.47. The Kier molecular flexibility index (Phi) is 7.37. The monoisotopic (exact) mass is 453 g/mol. The number of carbonyl (C=O) groups is 1. The van der Waals surface area contributed by atoms with E-state index in [0.29, 0.717) is 18.8 Å². The maximum Gasteiger partial charge on any atom is 0.387 e. The average Bonchev–Trinajstić information content (AvgIpc) is 2.78. The van der Waals surface area contributed by atoms with Crippen molar-refractivity contribution in [2.24, 2.45) is 0 Å². The number of nitrogens with zero attached hydrogens (tertiary/aromatic N) is 1. The lowest BCUT2D eigenvalue weighted by Gasteiger charge is -2.26. The van der Waals surface area contributed by atoms with Gasteiger partial charge in [0.25, 0.3) is 0 Å². The maximum absolute atomic E-state index is 12.6. The number of ketones is 1. The lowest BCUT2D eigenvalue weighted by Crippen LogP contribution is -2.40. The van der Waals surface area contributed by atoms with Crippen LogP contribution in [0.4, 0.5) is 8.78 Å². The number of benzene rings is 2. The lowest BCUT2D eigenvalue weighted by atomic mass is 10.1. The molecule has 1 fully saturated rings. The van der Waals surface area contributed by atoms with Gasteiger partial charge in [-0.05, 0) is 48.0 Å². The highest BCUT2D eigenvalue weighted by molar-refractivity contribution is 7.89. The second kappa shape index (κ2) is 9.99. The van der Waals surface area contributed by atoms with E-state index < -0.39 is 16.6 Å². The average molecular weight is 453 g/mol. The molecule has 1 aliphatic heterocycles. The molecule has 31 heavy (non-hydrogen) atoms. The number of morpholine rings is 1. The summed E-state index contributed by atoms with van der Waals surface area (Å²) in [6.07, 6.45) is 2.71. The van der Waals surface area contributed by atoms with Crippen LogP contribution in [0, 0.1) is 0 Å². The van der Waals surface area contributed by atoms with Crippen molar-refractivity contribution in [3.63, 3.8) is 0 Å². The molecule has 7 nitrogen and oxygen atoms in total. The van der Waals surface area contributed by atoms with Gasteiger partial charge in [-0.3, -0.25) is 4.79 Å². The summed E-state index contributed by atoms with van der Waals surface area (Å²) in [5.74, 6) is -0.381. The first-order valence-electron chi connectivity index (χ1n) is 9.34. The van der Waals surface area contributed by atoms with E-state index in [1.165, 1.54) is 60.0 Å². The van der Waals surface area contributed by atoms with Crippen LogP contribution in [0.3, 0.4) is 0 Å². The Bertz CT molecular complexity index is 1050. The Hall–Kier alpha value is -2.82. The van der Waals surface area contributed by atoms with Crippen molar-refractivity contribution in [2.45, 2.75) is 11.5 Å². The molecule has 10 heteroatoms. The molecule has 166 valence electrons. The van der Waals surface area contributed by atoms with Gasteiger partial charge in [0.2, 0.25) is 10.0 Å². The lowest BCUT2D eigenvalue weighted by molar-refractivity contribution is -0.0512. The van der Waals surface area contributed by atoms with E-state index >= 15 is 0 Å². The normalized spacial score (nSPS) is 15.4. The SMILES string of the molecule is COc1ccc(C=CC(=O)c2ccc(S(=O)(=O)N3CCOCC3)cc2)cc1OC(F)F. The van der Waals surface area contributed by atoms with Crippen molar-refractivity contribution >= 4 is 21.9 Å². The summed E-state index contributed by atoms with van der Waals surface area (Å²) in [5, 5.41) is 0. The summed E-state index contributed by atoms with van der Waals surface area (Å²) in [5.41, 5.74) is 0.742. The van der Waals surface area contributed by atoms with E-state index in [4.69, 9.17) is 9.47 Å². The molecule has 1 heterocycles. The Morgan fingerprint density at radius 3 is 2.39 bits per heavy atom. The summed E-state index contributed by atoms with van der Waals surface area (Å²) >= 11 is 0. The number of rotatable bonds is 8. The minimum atomic E-state index is -3.64. The zero-order chi connectivity index (χ0) is 22.4. The van der Waals surface area contributed by atoms with Gasteiger partial charge >= 0.3 is 6.61 Å². The number of allylic oxidation sites excluding steroid dienone is 1. The standard InChI is InChI=1S/C21H21F2NO6S/c1-28-19-9-3-15(14-20(19)30-21(22)23)2-8-18(25)16-4-6-17(7-5-16)31(26,27)24-10-12-29-13-11-24/h2-9,14,21H,10-13H2,1H3. The third-order valence-corrected chi connectivity index (χ3v) is 6.49. The van der Waals surface area contributed by atoms with Crippen LogP contribution >= 0.6 is 0 Å². The molecule has 0 N–H and O–H groups in total. The first kappa shape index (κ1) is 22.9. The number of methoxy groups -OCH3 is 1. The van der Waals surface area contributed by atoms with Crippen LogP contribution in [-0.4, -0.2) is 58.5 Å². The number of halogens is 2. The largest absolute Gasteiger partial charge is 0.493 e. The number of ether oxygens (including phenoxy) is 3. The van der Waals surface area contributed by atoms with Crippen LogP contribution in [0.15, 0.2) is 53.4 Å². The Labute approximate surface area is 178 Å². The first-order valence-corrected chi connectivity index (χ1v) is 10.8. The highest BCUT2D eigenvalue weighted by Gasteiger charge is 2.26. The van der Waals surface area contributed by atoms with Gasteiger partial charge in [-0.2, -0.15) is 13.1 Å². The van der Waals surface area contributed by atoms with E-state index in [-0.39, 0.29) is 40.8 Å². The van der Waals surface area contributed by atoms with Crippen molar-refractivity contribution in [1.82, 2.24) is 4.31 Å². The molecule has 2 aromatic rings. The molecular weight excluding hydrogens is 432 g/mol. The van der Waals surface area contributed by atoms with Gasteiger partial charge in [-0.15, -0.1) is 0 Å². The minimum absolute atomic E-state index is 0.0962. The molecule has 0 spiro atoms. The molecule has 0 bridgehead atoms. The van der Waals surface area contributed by atoms with E-state index in [2.05, 4.69) is 4.74 Å². The summed E-state index contributed by atoms with van der Waals surface area (Å²) in [4.78, 5) is 12.5. The van der Waals surface area contributed by atoms with Crippen LogP contribution in [0.1, 0.15) is 15.9 Å². The van der Waals surface area contributed by atoms with Crippen LogP contribution in [0.25, 0.3) is 6.08 Å². The number of sulfonamides is 1. The van der Waals surface area contributed by atoms with Crippen molar-refractivity contribution in [2.75, 3.05) is 33.4 Å². The molecule has 0 atom stereocenters. The van der Waals surface area contributed by atoms with E-state index in [9.17, 15) is 22.0 Å². The van der Waals surface area contributed by atoms with Crippen LogP contribution in [0.2, 0.25) is 0 Å². The third kappa shape index (κ3) is 5.66. The summed E-state index contributed by atoms with van der Waals surface area (Å²) in [6, 6.07) is 9.99. The fraction of sp³-hybridized carbons (Fsp3) is 0.286. The van der Waals surface area contributed by atoms with Crippen molar-refractivity contribution in [1.29, 1.82) is 0 Å². The molecule has 3 rings (SSSR count). The van der Waals surface area contributed by atoms with Gasteiger partial charge < -0.3 is 14.2 Å². The Morgan fingerprint density at radius 1 is 1.10 bits per heavy atom. The van der Waals surface area contributed by atoms with Crippen LogP contribution in [-0.2, 0) is 14.8 Å². The Morgan fingerprint density at radius 2 is 1.77 bits per heavy atom. The van der Waals surface area contributed by atoms with Crippen LogP contribution in [0.5, 0.6) is 11.5 Å². The van der Waals surface area contributed by atoms with Gasteiger partial charge in [-0.25, -0.2) is 8.42 Å². The minimum Gasteiger partial charge on any atom is -0.493 e. The van der Waals surface area contributed by atoms with Gasteiger partial charge in [0.15, 0.2) is 17.3 Å². The van der Waals surface area contributed by atoms with Gasteiger partial charge in [0, 0.05) is 18.7 Å². The quantitative estimate of drug-likeness (QED) is 0.451. The predicted molar refractivity (Wildman–Crippen MR) is 109 cm³/mol. The van der Waals surface area contributed by atoms with Crippen molar-refractivity contribution in [3.05, 3.63) is 59.7 Å². The van der Waals surface area contributed by atoms with Gasteiger partial charge in [0.05, 0.1) is 25.2 Å². The molecule has 0 saturated carbocycles. The second-order valence-electron chi connectivity index (χ2n) is 6.53. The Balaban J connectivity index is 1.73. The molecule has 0 aliphatic carbocycles. The number of carbonyl (C=O) groups excluding carboxylic acids is 1. The number of hydrogen-bond donors (Lipinski definition) is 0. The molecule has 1 saturated heterocycles. The summed E-state index contributed by atoms with van der Waals surface area (Å²) in [7, 11) is -2.32. The summed E-state index contributed by atoms with van der Waals surface area (Å²) < 4.78 is 66.2. The zero-order valence-electron chi connectivity index (χ0n) is 16.7. The fourth-order valence-corrected chi connectivity index (χ4v) is 4.39. The molecular formula is C21H21F2NO6S. The number of hydrogen-bond acceptors (Lipinski definition) is 6. The van der Waals surface area contributed by atoms with Crippen molar-refractivity contribution in [3.8, 4) is 11.5 Å². The highest BCUT2D eigenvalue weighted by atomic mass is 32.2. The molecule has 0 unspecified atom stereocenters. The first-order chi connectivity index (χ1) is 14.8. The summed E-state index contributed by atoms with van der Waals surface area (Å²) in [6.45, 7) is -1.76. The highest BCUT2D eigenvalue weighted by Crippen LogP contribution is 2.30. The number of alkyl halides is 2. The topological polar surface area (TPSA) is 82.1 Å². The molecule has 0 radical (unpaired) electrons. The molecule has 0 amide bonds.